The summed E-state index contributed by atoms with van der Waals surface area (Å²) in [6.07, 6.45) is 1.43. The summed E-state index contributed by atoms with van der Waals surface area (Å²) in [6, 6.07) is -0.0246. The summed E-state index contributed by atoms with van der Waals surface area (Å²) in [4.78, 5) is 15.3. The van der Waals surface area contributed by atoms with Crippen LogP contribution < -0.4 is 0 Å². The van der Waals surface area contributed by atoms with Gasteiger partial charge in [0.2, 0.25) is 5.76 Å². The number of carbonyl (C=O) groups is 1. The van der Waals surface area contributed by atoms with Gasteiger partial charge in [0.15, 0.2) is 5.90 Å². The molecule has 0 amide bonds. The normalized spacial score (nSPS) is 29.3. The highest BCUT2D eigenvalue weighted by Crippen LogP contribution is 2.22. The third-order valence-corrected chi connectivity index (χ3v) is 2.15. The van der Waals surface area contributed by atoms with Crippen LogP contribution in [0.15, 0.2) is 16.8 Å². The van der Waals surface area contributed by atoms with Crippen LogP contribution in [0.3, 0.4) is 0 Å². The standard InChI is InChI=1S/C9H11NO4/c1-5-10-6-4-13-8(9(11)12-2)3-7(6)14-5/h3,6-7H,4H2,1-2H3/t6-,7+/m0/s1. The van der Waals surface area contributed by atoms with E-state index in [-0.39, 0.29) is 17.9 Å². The summed E-state index contributed by atoms with van der Waals surface area (Å²) >= 11 is 0. The first-order valence-corrected chi connectivity index (χ1v) is 4.34. The maximum absolute atomic E-state index is 11.1. The minimum atomic E-state index is -0.475. The molecule has 0 aromatic carbocycles. The van der Waals surface area contributed by atoms with Crippen LogP contribution in [0.25, 0.3) is 0 Å². The molecule has 2 aliphatic heterocycles. The van der Waals surface area contributed by atoms with Gasteiger partial charge in [-0.2, -0.15) is 0 Å². The number of fused-ring (bicyclic) bond motifs is 1. The lowest BCUT2D eigenvalue weighted by molar-refractivity contribution is -0.140. The van der Waals surface area contributed by atoms with Crippen molar-refractivity contribution in [1.82, 2.24) is 0 Å². The van der Waals surface area contributed by atoms with Gasteiger partial charge in [-0.25, -0.2) is 9.79 Å². The molecule has 0 aliphatic carbocycles. The second kappa shape index (κ2) is 3.32. The molecule has 0 fully saturated rings. The number of aliphatic imine (C=N–C) groups is 1. The van der Waals surface area contributed by atoms with Crippen LogP contribution in [0.1, 0.15) is 6.92 Å². The first-order valence-electron chi connectivity index (χ1n) is 4.34. The predicted octanol–water partition coefficient (Wildman–Crippen LogP) is 0.259. The number of methoxy groups -OCH3 is 1. The van der Waals surface area contributed by atoms with E-state index < -0.39 is 5.97 Å². The van der Waals surface area contributed by atoms with Crippen molar-refractivity contribution in [2.45, 2.75) is 19.1 Å². The van der Waals surface area contributed by atoms with E-state index in [1.165, 1.54) is 7.11 Å². The fraction of sp³-hybridized carbons (Fsp3) is 0.556. The summed E-state index contributed by atoms with van der Waals surface area (Å²) in [5.41, 5.74) is 0. The largest absolute Gasteiger partial charge is 0.484 e. The van der Waals surface area contributed by atoms with Crippen molar-refractivity contribution in [1.29, 1.82) is 0 Å². The minimum Gasteiger partial charge on any atom is -0.484 e. The van der Waals surface area contributed by atoms with Gasteiger partial charge in [0.25, 0.3) is 0 Å². The summed E-state index contributed by atoms with van der Waals surface area (Å²) in [7, 11) is 1.32. The molecular formula is C9H11NO4. The Hall–Kier alpha value is -1.52. The topological polar surface area (TPSA) is 57.1 Å². The predicted molar refractivity (Wildman–Crippen MR) is 47.8 cm³/mol. The number of carbonyl (C=O) groups excluding carboxylic acids is 1. The van der Waals surface area contributed by atoms with E-state index in [9.17, 15) is 4.79 Å². The average molecular weight is 197 g/mol. The molecule has 0 N–H and O–H groups in total. The van der Waals surface area contributed by atoms with Crippen molar-refractivity contribution in [3.05, 3.63) is 11.8 Å². The van der Waals surface area contributed by atoms with Crippen LogP contribution >= 0.6 is 0 Å². The van der Waals surface area contributed by atoms with Gasteiger partial charge in [-0.15, -0.1) is 0 Å². The molecule has 0 saturated carbocycles. The lowest BCUT2D eigenvalue weighted by Crippen LogP contribution is -2.31. The van der Waals surface area contributed by atoms with Gasteiger partial charge in [0.05, 0.1) is 7.11 Å². The Morgan fingerprint density at radius 3 is 3.21 bits per heavy atom. The molecule has 2 aliphatic rings. The summed E-state index contributed by atoms with van der Waals surface area (Å²) in [5.74, 6) is 0.362. The number of hydrogen-bond acceptors (Lipinski definition) is 5. The number of esters is 1. The zero-order valence-corrected chi connectivity index (χ0v) is 8.02. The van der Waals surface area contributed by atoms with Crippen molar-refractivity contribution in [2.75, 3.05) is 13.7 Å². The van der Waals surface area contributed by atoms with Crippen LogP contribution in [-0.2, 0) is 19.0 Å². The number of nitrogens with zero attached hydrogens (tertiary/aromatic N) is 1. The van der Waals surface area contributed by atoms with Crippen molar-refractivity contribution in [3.63, 3.8) is 0 Å². The second-order valence-corrected chi connectivity index (χ2v) is 3.13. The van der Waals surface area contributed by atoms with Gasteiger partial charge in [-0.3, -0.25) is 0 Å². The van der Waals surface area contributed by atoms with E-state index in [4.69, 9.17) is 9.47 Å². The van der Waals surface area contributed by atoms with Crippen molar-refractivity contribution in [2.24, 2.45) is 4.99 Å². The van der Waals surface area contributed by atoms with Gasteiger partial charge in [-0.05, 0) is 0 Å². The first kappa shape index (κ1) is 9.05. The molecule has 0 unspecified atom stereocenters. The van der Waals surface area contributed by atoms with E-state index in [0.29, 0.717) is 12.5 Å². The highest BCUT2D eigenvalue weighted by atomic mass is 16.6. The zero-order valence-electron chi connectivity index (χ0n) is 8.02. The fourth-order valence-electron chi connectivity index (χ4n) is 1.49. The highest BCUT2D eigenvalue weighted by molar-refractivity contribution is 5.86. The molecule has 2 heterocycles. The van der Waals surface area contributed by atoms with E-state index in [1.54, 1.807) is 13.0 Å². The third kappa shape index (κ3) is 1.45. The van der Waals surface area contributed by atoms with E-state index in [1.807, 2.05) is 0 Å². The number of hydrogen-bond donors (Lipinski definition) is 0. The molecule has 76 valence electrons. The van der Waals surface area contributed by atoms with Crippen LogP contribution in [0.5, 0.6) is 0 Å². The van der Waals surface area contributed by atoms with Gasteiger partial charge in [0.1, 0.15) is 18.8 Å². The quantitative estimate of drug-likeness (QED) is 0.566. The molecule has 0 bridgehead atoms. The second-order valence-electron chi connectivity index (χ2n) is 3.13. The van der Waals surface area contributed by atoms with Crippen molar-refractivity contribution >= 4 is 11.9 Å². The molecular weight excluding hydrogens is 186 g/mol. The number of ether oxygens (including phenoxy) is 3. The van der Waals surface area contributed by atoms with Gasteiger partial charge < -0.3 is 14.2 Å². The summed E-state index contributed by atoms with van der Waals surface area (Å²) in [6.45, 7) is 2.15. The Labute approximate surface area is 81.4 Å². The molecule has 0 aromatic rings. The minimum absolute atomic E-state index is 0.0246. The average Bonchev–Trinajstić information content (AvgIpc) is 2.55. The highest BCUT2D eigenvalue weighted by Gasteiger charge is 2.34. The molecule has 0 saturated heterocycles. The molecule has 5 heteroatoms. The first-order chi connectivity index (χ1) is 6.70. The Kier molecular flexibility index (Phi) is 2.15. The van der Waals surface area contributed by atoms with E-state index >= 15 is 0 Å². The van der Waals surface area contributed by atoms with Crippen molar-refractivity contribution in [3.8, 4) is 0 Å². The van der Waals surface area contributed by atoms with Crippen LogP contribution in [-0.4, -0.2) is 37.7 Å². The van der Waals surface area contributed by atoms with Gasteiger partial charge in [0, 0.05) is 13.0 Å². The van der Waals surface area contributed by atoms with E-state index in [0.717, 1.165) is 0 Å². The smallest absolute Gasteiger partial charge is 0.373 e. The van der Waals surface area contributed by atoms with Crippen LogP contribution in [0.2, 0.25) is 0 Å². The molecule has 0 spiro atoms. The monoisotopic (exact) mass is 197 g/mol. The molecule has 14 heavy (non-hydrogen) atoms. The summed E-state index contributed by atoms with van der Waals surface area (Å²) < 4.78 is 15.1. The lowest BCUT2D eigenvalue weighted by atomic mass is 10.1. The Morgan fingerprint density at radius 1 is 1.71 bits per heavy atom. The lowest BCUT2D eigenvalue weighted by Gasteiger charge is -2.21. The van der Waals surface area contributed by atoms with E-state index in [2.05, 4.69) is 9.73 Å². The van der Waals surface area contributed by atoms with Gasteiger partial charge in [-0.1, -0.05) is 0 Å². The zero-order chi connectivity index (χ0) is 10.1. The molecule has 2 rings (SSSR count). The Morgan fingerprint density at radius 2 is 2.50 bits per heavy atom. The maximum atomic E-state index is 11.1. The van der Waals surface area contributed by atoms with Gasteiger partial charge >= 0.3 is 5.97 Å². The Balaban J connectivity index is 2.13. The van der Waals surface area contributed by atoms with Crippen LogP contribution in [0, 0.1) is 0 Å². The SMILES string of the molecule is COC(=O)C1=C[C@H]2OC(C)=N[C@H]2CO1. The number of rotatable bonds is 1. The van der Waals surface area contributed by atoms with Crippen molar-refractivity contribution < 1.29 is 19.0 Å². The molecule has 5 nitrogen and oxygen atoms in total. The molecule has 2 atom stereocenters. The maximum Gasteiger partial charge on any atom is 0.373 e. The Bertz CT molecular complexity index is 321. The molecule has 0 aromatic heterocycles. The third-order valence-electron chi connectivity index (χ3n) is 2.15. The van der Waals surface area contributed by atoms with Crippen LogP contribution in [0.4, 0.5) is 0 Å². The summed E-state index contributed by atoms with van der Waals surface area (Å²) in [5, 5.41) is 0. The molecule has 0 radical (unpaired) electrons. The fourth-order valence-corrected chi connectivity index (χ4v) is 1.49.